The molecule has 0 spiro atoms. The van der Waals surface area contributed by atoms with Crippen LogP contribution in [-0.4, -0.2) is 24.0 Å². The first-order chi connectivity index (χ1) is 11.0. The van der Waals surface area contributed by atoms with Gasteiger partial charge in [-0.25, -0.2) is 0 Å². The number of phenols is 1. The van der Waals surface area contributed by atoms with Gasteiger partial charge < -0.3 is 9.84 Å². The fraction of sp³-hybridized carbons (Fsp3) is 0.176. The highest BCUT2D eigenvalue weighted by Gasteiger charge is 2.12. The number of aryl methyl sites for hydroxylation is 1. The van der Waals surface area contributed by atoms with Crippen LogP contribution in [0.3, 0.4) is 0 Å². The summed E-state index contributed by atoms with van der Waals surface area (Å²) in [5.41, 5.74) is 6.32. The van der Waals surface area contributed by atoms with Crippen LogP contribution in [0, 0.1) is 6.92 Å². The number of hydrogen-bond acceptors (Lipinski definition) is 4. The number of methoxy groups -OCH3 is 1. The largest absolute Gasteiger partial charge is 0.507 e. The molecule has 3 N–H and O–H groups in total. The first-order valence-corrected chi connectivity index (χ1v) is 7.01. The number of carbonyl (C=O) groups is 2. The summed E-state index contributed by atoms with van der Waals surface area (Å²) >= 11 is 0. The van der Waals surface area contributed by atoms with Crippen molar-refractivity contribution in [3.8, 4) is 11.5 Å². The van der Waals surface area contributed by atoms with E-state index in [0.29, 0.717) is 5.75 Å². The molecular formula is C17H18N2O4. The number of aromatic hydroxyl groups is 1. The number of amides is 2. The molecule has 0 saturated carbocycles. The topological polar surface area (TPSA) is 87.7 Å². The van der Waals surface area contributed by atoms with Gasteiger partial charge >= 0.3 is 0 Å². The highest BCUT2D eigenvalue weighted by atomic mass is 16.5. The first-order valence-electron chi connectivity index (χ1n) is 7.01. The molecule has 0 aliphatic rings. The summed E-state index contributed by atoms with van der Waals surface area (Å²) in [6, 6.07) is 11.7. The van der Waals surface area contributed by atoms with Crippen molar-refractivity contribution >= 4 is 11.8 Å². The van der Waals surface area contributed by atoms with Crippen molar-refractivity contribution in [1.82, 2.24) is 10.9 Å². The van der Waals surface area contributed by atoms with Crippen LogP contribution in [0.25, 0.3) is 0 Å². The molecule has 0 aliphatic carbocycles. The van der Waals surface area contributed by atoms with Crippen molar-refractivity contribution in [2.45, 2.75) is 13.3 Å². The van der Waals surface area contributed by atoms with Crippen LogP contribution < -0.4 is 15.6 Å². The zero-order valence-corrected chi connectivity index (χ0v) is 12.9. The third-order valence-electron chi connectivity index (χ3n) is 3.24. The maximum absolute atomic E-state index is 11.9. The fourth-order valence-corrected chi connectivity index (χ4v) is 2.00. The van der Waals surface area contributed by atoms with Gasteiger partial charge in [0, 0.05) is 0 Å². The quantitative estimate of drug-likeness (QED) is 0.750. The van der Waals surface area contributed by atoms with E-state index in [1.165, 1.54) is 12.1 Å². The lowest BCUT2D eigenvalue weighted by Crippen LogP contribution is -2.42. The van der Waals surface area contributed by atoms with E-state index < -0.39 is 5.91 Å². The number of nitrogens with one attached hydrogen (secondary N) is 2. The Bertz CT molecular complexity index is 711. The second kappa shape index (κ2) is 7.31. The summed E-state index contributed by atoms with van der Waals surface area (Å²) in [4.78, 5) is 23.7. The predicted octanol–water partition coefficient (Wildman–Crippen LogP) is 1.71. The summed E-state index contributed by atoms with van der Waals surface area (Å²) in [7, 11) is 1.57. The molecule has 0 aromatic heterocycles. The Hall–Kier alpha value is -3.02. The molecule has 0 radical (unpaired) electrons. The number of ether oxygens (including phenoxy) is 1. The highest BCUT2D eigenvalue weighted by molar-refractivity contribution is 5.97. The minimum Gasteiger partial charge on any atom is -0.507 e. The van der Waals surface area contributed by atoms with Crippen molar-refractivity contribution in [3.63, 3.8) is 0 Å². The number of phenolic OH excluding ortho intramolecular Hbond substituents is 1. The Balaban J connectivity index is 1.89. The summed E-state index contributed by atoms with van der Waals surface area (Å²) in [6.45, 7) is 1.80. The van der Waals surface area contributed by atoms with Crippen LogP contribution in [0.1, 0.15) is 21.5 Å². The normalized spacial score (nSPS) is 10.0. The van der Waals surface area contributed by atoms with Crippen molar-refractivity contribution < 1.29 is 19.4 Å². The second-order valence-electron chi connectivity index (χ2n) is 5.05. The second-order valence-corrected chi connectivity index (χ2v) is 5.05. The van der Waals surface area contributed by atoms with Crippen LogP contribution in [0.2, 0.25) is 0 Å². The fourth-order valence-electron chi connectivity index (χ4n) is 2.00. The third kappa shape index (κ3) is 4.47. The monoisotopic (exact) mass is 314 g/mol. The number of hydrogen-bond donors (Lipinski definition) is 3. The molecule has 6 heteroatoms. The number of hydrazine groups is 1. The minimum atomic E-state index is -0.578. The zero-order chi connectivity index (χ0) is 16.8. The summed E-state index contributed by atoms with van der Waals surface area (Å²) in [6.07, 6.45) is 0.115. The zero-order valence-electron chi connectivity index (χ0n) is 12.9. The molecule has 2 amide bonds. The lowest BCUT2D eigenvalue weighted by atomic mass is 10.1. The van der Waals surface area contributed by atoms with E-state index in [4.69, 9.17) is 4.74 Å². The lowest BCUT2D eigenvalue weighted by Gasteiger charge is -2.09. The van der Waals surface area contributed by atoms with Gasteiger partial charge in [0.05, 0.1) is 19.1 Å². The summed E-state index contributed by atoms with van der Waals surface area (Å²) < 4.78 is 5.04. The van der Waals surface area contributed by atoms with Gasteiger partial charge in [0.15, 0.2) is 0 Å². The molecule has 2 rings (SSSR count). The first kappa shape index (κ1) is 16.4. The Morgan fingerprint density at radius 2 is 1.78 bits per heavy atom. The highest BCUT2D eigenvalue weighted by Crippen LogP contribution is 2.17. The van der Waals surface area contributed by atoms with Crippen molar-refractivity contribution in [2.24, 2.45) is 0 Å². The predicted molar refractivity (Wildman–Crippen MR) is 85.2 cm³/mol. The van der Waals surface area contributed by atoms with Gasteiger partial charge in [-0.2, -0.15) is 0 Å². The average Bonchev–Trinajstić information content (AvgIpc) is 2.53. The molecule has 6 nitrogen and oxygen atoms in total. The summed E-state index contributed by atoms with van der Waals surface area (Å²) in [5, 5.41) is 9.73. The molecule has 0 bridgehead atoms. The van der Waals surface area contributed by atoms with Crippen LogP contribution in [0.15, 0.2) is 42.5 Å². The standard InChI is InChI=1S/C17H18N2O4/c1-11-3-8-14(15(20)9-11)17(22)19-18-16(21)10-12-4-6-13(23-2)7-5-12/h3-9,20H,10H2,1-2H3,(H,18,21)(H,19,22). The van der Waals surface area contributed by atoms with Crippen LogP contribution in [0.4, 0.5) is 0 Å². The summed E-state index contributed by atoms with van der Waals surface area (Å²) in [5.74, 6) is -0.370. The van der Waals surface area contributed by atoms with Gasteiger partial charge in [-0.3, -0.25) is 20.4 Å². The molecule has 23 heavy (non-hydrogen) atoms. The molecular weight excluding hydrogens is 296 g/mol. The molecule has 0 saturated heterocycles. The van der Waals surface area contributed by atoms with Crippen molar-refractivity contribution in [1.29, 1.82) is 0 Å². The molecule has 0 fully saturated rings. The van der Waals surface area contributed by atoms with Gasteiger partial charge in [0.1, 0.15) is 11.5 Å². The molecule has 0 atom stereocenters. The molecule has 0 heterocycles. The van der Waals surface area contributed by atoms with E-state index in [1.54, 1.807) is 44.4 Å². The number of carbonyl (C=O) groups excluding carboxylic acids is 2. The Morgan fingerprint density at radius 1 is 1.09 bits per heavy atom. The Labute approximate surface area is 134 Å². The van der Waals surface area contributed by atoms with Crippen molar-refractivity contribution in [3.05, 3.63) is 59.2 Å². The number of benzene rings is 2. The maximum atomic E-state index is 11.9. The molecule has 2 aromatic carbocycles. The van der Waals surface area contributed by atoms with E-state index in [-0.39, 0.29) is 23.6 Å². The van der Waals surface area contributed by atoms with Gasteiger partial charge in [-0.1, -0.05) is 18.2 Å². The lowest BCUT2D eigenvalue weighted by molar-refractivity contribution is -0.121. The average molecular weight is 314 g/mol. The Morgan fingerprint density at radius 3 is 2.39 bits per heavy atom. The third-order valence-corrected chi connectivity index (χ3v) is 3.24. The minimum absolute atomic E-state index is 0.0975. The molecule has 120 valence electrons. The van der Waals surface area contributed by atoms with E-state index in [2.05, 4.69) is 10.9 Å². The SMILES string of the molecule is COc1ccc(CC(=O)NNC(=O)c2ccc(C)cc2O)cc1. The number of rotatable bonds is 4. The van der Waals surface area contributed by atoms with Gasteiger partial charge in [0.25, 0.3) is 5.91 Å². The van der Waals surface area contributed by atoms with Gasteiger partial charge in [-0.15, -0.1) is 0 Å². The molecule has 0 aliphatic heterocycles. The molecule has 2 aromatic rings. The van der Waals surface area contributed by atoms with Gasteiger partial charge in [0.2, 0.25) is 5.91 Å². The Kier molecular flexibility index (Phi) is 5.19. The van der Waals surface area contributed by atoms with Crippen LogP contribution in [0.5, 0.6) is 11.5 Å². The van der Waals surface area contributed by atoms with Crippen LogP contribution >= 0.6 is 0 Å². The van der Waals surface area contributed by atoms with E-state index >= 15 is 0 Å². The van der Waals surface area contributed by atoms with Gasteiger partial charge in [-0.05, 0) is 42.3 Å². The van der Waals surface area contributed by atoms with E-state index in [0.717, 1.165) is 11.1 Å². The smallest absolute Gasteiger partial charge is 0.273 e. The molecule has 0 unspecified atom stereocenters. The van der Waals surface area contributed by atoms with Crippen molar-refractivity contribution in [2.75, 3.05) is 7.11 Å². The maximum Gasteiger partial charge on any atom is 0.273 e. The van der Waals surface area contributed by atoms with E-state index in [1.807, 2.05) is 0 Å². The van der Waals surface area contributed by atoms with Crippen LogP contribution in [-0.2, 0) is 11.2 Å². The van der Waals surface area contributed by atoms with E-state index in [9.17, 15) is 14.7 Å².